The molecule has 7 heteroatoms. The Morgan fingerprint density at radius 1 is 1.38 bits per heavy atom. The van der Waals surface area contributed by atoms with Gasteiger partial charge in [0.1, 0.15) is 20.0 Å². The molecule has 0 aliphatic heterocycles. The molecule has 1 amide bonds. The number of carbonyl (C=O) groups is 2. The predicted octanol–water partition coefficient (Wildman–Crippen LogP) is 0.271. The molecule has 0 fully saturated rings. The minimum Gasteiger partial charge on any atom is -0.459 e. The van der Waals surface area contributed by atoms with Crippen molar-refractivity contribution in [3.05, 3.63) is 23.9 Å². The van der Waals surface area contributed by atoms with Crippen LogP contribution in [-0.2, 0) is 16.1 Å². The Kier molecular flexibility index (Phi) is 3.76. The van der Waals surface area contributed by atoms with E-state index in [1.54, 1.807) is 39.0 Å². The number of rotatable bonds is 3. The van der Waals surface area contributed by atoms with Crippen LogP contribution in [-0.4, -0.2) is 35.1 Å². The maximum atomic E-state index is 11.9. The molecule has 0 saturated carbocycles. The molecule has 1 aromatic heterocycles. The quantitative estimate of drug-likeness (QED) is 0.647. The van der Waals surface area contributed by atoms with Crippen molar-refractivity contribution in [2.75, 3.05) is 0 Å². The molecule has 0 aliphatic rings. The molecule has 2 radical (unpaired) electrons. The summed E-state index contributed by atoms with van der Waals surface area (Å²) < 4.78 is 6.64. The maximum absolute atomic E-state index is 11.9. The highest BCUT2D eigenvalue weighted by Gasteiger charge is 2.20. The highest BCUT2D eigenvalue weighted by molar-refractivity contribution is 6.33. The van der Waals surface area contributed by atoms with Gasteiger partial charge in [-0.3, -0.25) is 14.3 Å². The van der Waals surface area contributed by atoms with Gasteiger partial charge >= 0.3 is 5.97 Å². The summed E-state index contributed by atoms with van der Waals surface area (Å²) >= 11 is 0. The lowest BCUT2D eigenvalue weighted by Gasteiger charge is -2.19. The van der Waals surface area contributed by atoms with E-state index in [0.29, 0.717) is 16.4 Å². The lowest BCUT2D eigenvalue weighted by Crippen LogP contribution is -2.27. The van der Waals surface area contributed by atoms with Gasteiger partial charge in [0.15, 0.2) is 5.69 Å². The topological polar surface area (TPSA) is 87.2 Å². The molecule has 0 aliphatic carbocycles. The van der Waals surface area contributed by atoms with E-state index >= 15 is 0 Å². The number of carbonyl (C=O) groups excluding carboxylic acids is 2. The largest absolute Gasteiger partial charge is 0.459 e. The lowest BCUT2D eigenvalue weighted by molar-refractivity contribution is -0.155. The third-order valence-corrected chi connectivity index (χ3v) is 2.71. The molecule has 0 spiro atoms. The Labute approximate surface area is 123 Å². The van der Waals surface area contributed by atoms with Crippen LogP contribution in [0.2, 0.25) is 0 Å². The summed E-state index contributed by atoms with van der Waals surface area (Å²) in [6, 6.07) is 4.96. The van der Waals surface area contributed by atoms with Gasteiger partial charge in [-0.05, 0) is 26.8 Å². The van der Waals surface area contributed by atoms with Gasteiger partial charge in [-0.15, -0.1) is 0 Å². The summed E-state index contributed by atoms with van der Waals surface area (Å²) in [6.45, 7) is 5.23. The Morgan fingerprint density at radius 2 is 2.05 bits per heavy atom. The average molecular weight is 285 g/mol. The normalized spacial score (nSPS) is 11.6. The van der Waals surface area contributed by atoms with E-state index in [1.165, 1.54) is 4.68 Å². The van der Waals surface area contributed by atoms with E-state index in [1.807, 2.05) is 0 Å². The Hall–Kier alpha value is -2.31. The molecule has 6 nitrogen and oxygen atoms in total. The van der Waals surface area contributed by atoms with Gasteiger partial charge in [0.25, 0.3) is 5.91 Å². The van der Waals surface area contributed by atoms with E-state index < -0.39 is 17.5 Å². The van der Waals surface area contributed by atoms with Crippen molar-refractivity contribution in [3.8, 4) is 0 Å². The molecule has 1 heterocycles. The predicted molar refractivity (Wildman–Crippen MR) is 79.5 cm³/mol. The molecule has 21 heavy (non-hydrogen) atoms. The Morgan fingerprint density at radius 3 is 2.62 bits per heavy atom. The number of benzene rings is 1. The first-order chi connectivity index (χ1) is 9.67. The van der Waals surface area contributed by atoms with E-state index in [2.05, 4.69) is 5.10 Å². The van der Waals surface area contributed by atoms with Gasteiger partial charge in [-0.2, -0.15) is 5.10 Å². The first-order valence-corrected chi connectivity index (χ1v) is 6.45. The van der Waals surface area contributed by atoms with Gasteiger partial charge in [-0.25, -0.2) is 0 Å². The zero-order valence-electron chi connectivity index (χ0n) is 12.2. The smallest absolute Gasteiger partial charge is 0.328 e. The maximum Gasteiger partial charge on any atom is 0.328 e. The standard InChI is InChI=1S/C14H16BN3O3/c1-14(2,3)21-11(19)7-18-10-5-4-8(15)6-9(10)12(17-18)13(16)20/h4-6H,7H2,1-3H3,(H2,16,20). The molecule has 0 atom stereocenters. The number of fused-ring (bicyclic) bond motifs is 1. The highest BCUT2D eigenvalue weighted by atomic mass is 16.6. The second-order valence-electron chi connectivity index (χ2n) is 5.73. The van der Waals surface area contributed by atoms with Crippen LogP contribution in [0.5, 0.6) is 0 Å². The fraction of sp³-hybridized carbons (Fsp3) is 0.357. The van der Waals surface area contributed by atoms with Gasteiger partial charge in [0.2, 0.25) is 0 Å². The summed E-state index contributed by atoms with van der Waals surface area (Å²) in [5.41, 5.74) is 5.89. The van der Waals surface area contributed by atoms with E-state index in [-0.39, 0.29) is 12.2 Å². The van der Waals surface area contributed by atoms with Crippen LogP contribution >= 0.6 is 0 Å². The Balaban J connectivity index is 2.41. The zero-order chi connectivity index (χ0) is 15.8. The van der Waals surface area contributed by atoms with Crippen molar-refractivity contribution in [2.24, 2.45) is 5.73 Å². The SMILES string of the molecule is [B]c1ccc2c(c1)c(C(N)=O)nn2CC(=O)OC(C)(C)C. The average Bonchev–Trinajstić information content (AvgIpc) is 2.64. The minimum absolute atomic E-state index is 0.0841. The number of primary amides is 1. The van der Waals surface area contributed by atoms with Gasteiger partial charge < -0.3 is 10.5 Å². The number of aromatic nitrogens is 2. The molecule has 108 valence electrons. The second kappa shape index (κ2) is 5.23. The lowest BCUT2D eigenvalue weighted by atomic mass is 9.94. The fourth-order valence-electron chi connectivity index (χ4n) is 2.00. The van der Waals surface area contributed by atoms with Gasteiger partial charge in [-0.1, -0.05) is 17.6 Å². The molecular formula is C14H16BN3O3. The van der Waals surface area contributed by atoms with Crippen molar-refractivity contribution in [3.63, 3.8) is 0 Å². The van der Waals surface area contributed by atoms with Crippen molar-refractivity contribution in [1.29, 1.82) is 0 Å². The molecule has 2 rings (SSSR count). The number of ether oxygens (including phenoxy) is 1. The Bertz CT molecular complexity index is 716. The van der Waals surface area contributed by atoms with Gasteiger partial charge in [0, 0.05) is 5.39 Å². The number of hydrogen-bond donors (Lipinski definition) is 1. The summed E-state index contributed by atoms with van der Waals surface area (Å²) in [5.74, 6) is -1.12. The number of amides is 1. The van der Waals surface area contributed by atoms with E-state index in [4.69, 9.17) is 18.3 Å². The number of esters is 1. The molecule has 0 saturated heterocycles. The minimum atomic E-state index is -0.673. The van der Waals surface area contributed by atoms with Crippen molar-refractivity contribution >= 4 is 36.1 Å². The van der Waals surface area contributed by atoms with Gasteiger partial charge in [0.05, 0.1) is 5.52 Å². The van der Waals surface area contributed by atoms with E-state index in [0.717, 1.165) is 0 Å². The zero-order valence-corrected chi connectivity index (χ0v) is 12.2. The summed E-state index contributed by atoms with van der Waals surface area (Å²) in [6.07, 6.45) is 0. The molecular weight excluding hydrogens is 269 g/mol. The first kappa shape index (κ1) is 15.1. The molecule has 0 bridgehead atoms. The third kappa shape index (κ3) is 3.42. The van der Waals surface area contributed by atoms with Crippen molar-refractivity contribution in [1.82, 2.24) is 9.78 Å². The molecule has 0 unspecified atom stereocenters. The summed E-state index contributed by atoms with van der Waals surface area (Å²) in [7, 11) is 5.71. The number of nitrogens with zero attached hydrogens (tertiary/aromatic N) is 2. The second-order valence-corrected chi connectivity index (χ2v) is 5.73. The first-order valence-electron chi connectivity index (χ1n) is 6.45. The summed E-state index contributed by atoms with van der Waals surface area (Å²) in [5, 5.41) is 4.61. The van der Waals surface area contributed by atoms with Crippen LogP contribution in [0.3, 0.4) is 0 Å². The number of hydrogen-bond acceptors (Lipinski definition) is 4. The third-order valence-electron chi connectivity index (χ3n) is 2.71. The van der Waals surface area contributed by atoms with Crippen LogP contribution in [0.4, 0.5) is 0 Å². The number of nitrogens with two attached hydrogens (primary N) is 1. The fourth-order valence-corrected chi connectivity index (χ4v) is 2.00. The van der Waals surface area contributed by atoms with Crippen LogP contribution in [0, 0.1) is 0 Å². The summed E-state index contributed by atoms with van der Waals surface area (Å²) in [4.78, 5) is 23.3. The van der Waals surface area contributed by atoms with Crippen molar-refractivity contribution in [2.45, 2.75) is 32.9 Å². The molecule has 2 N–H and O–H groups in total. The van der Waals surface area contributed by atoms with Crippen molar-refractivity contribution < 1.29 is 14.3 Å². The molecule has 2 aromatic rings. The van der Waals surface area contributed by atoms with E-state index in [9.17, 15) is 9.59 Å². The van der Waals surface area contributed by atoms with Crippen LogP contribution in [0.15, 0.2) is 18.2 Å². The molecule has 1 aromatic carbocycles. The monoisotopic (exact) mass is 285 g/mol. The van der Waals surface area contributed by atoms with Crippen LogP contribution in [0.1, 0.15) is 31.3 Å². The van der Waals surface area contributed by atoms with Crippen LogP contribution < -0.4 is 11.2 Å². The van der Waals surface area contributed by atoms with Crippen LogP contribution in [0.25, 0.3) is 10.9 Å². The highest BCUT2D eigenvalue weighted by Crippen LogP contribution is 2.17.